The number of aryl methyl sites for hydroxylation is 1. The van der Waals surface area contributed by atoms with Crippen LogP contribution < -0.4 is 5.32 Å². The third-order valence-corrected chi connectivity index (χ3v) is 1.39. The van der Waals surface area contributed by atoms with E-state index in [0.29, 0.717) is 12.2 Å². The molecule has 1 aromatic heterocycles. The molecule has 1 rings (SSSR count). The maximum Gasteiger partial charge on any atom is 0.134 e. The molecule has 1 heterocycles. The summed E-state index contributed by atoms with van der Waals surface area (Å²) in [7, 11) is 1.77. The molecule has 11 heavy (non-hydrogen) atoms. The summed E-state index contributed by atoms with van der Waals surface area (Å²) in [4.78, 5) is 0. The van der Waals surface area contributed by atoms with Crippen LogP contribution in [0.15, 0.2) is 10.6 Å². The molecule has 0 aliphatic heterocycles. The molecular formula is C7H12N2O2. The summed E-state index contributed by atoms with van der Waals surface area (Å²) in [6.45, 7) is 2.29. The fourth-order valence-corrected chi connectivity index (χ4v) is 0.841. The topological polar surface area (TPSA) is 58.3 Å². The van der Waals surface area contributed by atoms with Crippen molar-refractivity contribution in [2.45, 2.75) is 13.0 Å². The Morgan fingerprint density at radius 1 is 1.82 bits per heavy atom. The van der Waals surface area contributed by atoms with Gasteiger partial charge < -0.3 is 14.9 Å². The van der Waals surface area contributed by atoms with Crippen LogP contribution >= 0.6 is 0 Å². The van der Waals surface area contributed by atoms with E-state index in [-0.39, 0.29) is 0 Å². The van der Waals surface area contributed by atoms with Crippen LogP contribution in [0.2, 0.25) is 0 Å². The minimum atomic E-state index is -0.572. The number of nitrogens with zero attached hydrogens (tertiary/aromatic N) is 1. The predicted molar refractivity (Wildman–Crippen MR) is 40.1 cm³/mol. The van der Waals surface area contributed by atoms with Crippen LogP contribution in [0, 0.1) is 6.92 Å². The Bertz CT molecular complexity index is 222. The molecule has 1 aromatic rings. The van der Waals surface area contributed by atoms with Gasteiger partial charge in [0.1, 0.15) is 17.6 Å². The van der Waals surface area contributed by atoms with E-state index in [2.05, 4.69) is 10.5 Å². The highest BCUT2D eigenvalue weighted by atomic mass is 16.5. The fourth-order valence-electron chi connectivity index (χ4n) is 0.841. The van der Waals surface area contributed by atoms with E-state index in [1.807, 2.05) is 0 Å². The first-order valence-electron chi connectivity index (χ1n) is 3.50. The summed E-state index contributed by atoms with van der Waals surface area (Å²) in [5, 5.41) is 15.9. The van der Waals surface area contributed by atoms with Crippen molar-refractivity contribution in [1.29, 1.82) is 0 Å². The summed E-state index contributed by atoms with van der Waals surface area (Å²) in [5.74, 6) is 0.718. The van der Waals surface area contributed by atoms with Gasteiger partial charge in [-0.2, -0.15) is 0 Å². The van der Waals surface area contributed by atoms with Crippen molar-refractivity contribution in [1.82, 2.24) is 10.5 Å². The molecule has 0 bridgehead atoms. The molecule has 0 saturated carbocycles. The molecule has 2 N–H and O–H groups in total. The van der Waals surface area contributed by atoms with Gasteiger partial charge in [0.05, 0.1) is 0 Å². The number of likely N-dealkylation sites (N-methyl/N-ethyl adjacent to an activating group) is 1. The zero-order chi connectivity index (χ0) is 8.27. The molecule has 1 unspecified atom stereocenters. The molecule has 0 aliphatic carbocycles. The van der Waals surface area contributed by atoms with Gasteiger partial charge in [-0.25, -0.2) is 0 Å². The molecule has 0 aromatic carbocycles. The normalized spacial score (nSPS) is 13.4. The Labute approximate surface area is 65.2 Å². The number of rotatable bonds is 3. The summed E-state index contributed by atoms with van der Waals surface area (Å²) < 4.78 is 4.79. The van der Waals surface area contributed by atoms with Crippen LogP contribution in [0.25, 0.3) is 0 Å². The van der Waals surface area contributed by atoms with Crippen LogP contribution in [0.1, 0.15) is 17.6 Å². The van der Waals surface area contributed by atoms with Gasteiger partial charge in [-0.3, -0.25) is 0 Å². The Balaban J connectivity index is 2.60. The molecule has 62 valence electrons. The number of nitrogens with one attached hydrogen (secondary N) is 1. The Kier molecular flexibility index (Phi) is 2.62. The van der Waals surface area contributed by atoms with Crippen LogP contribution in [0.3, 0.4) is 0 Å². The molecular weight excluding hydrogens is 144 g/mol. The number of hydrogen-bond acceptors (Lipinski definition) is 4. The molecule has 0 spiro atoms. The number of hydrogen-bond donors (Lipinski definition) is 2. The second kappa shape index (κ2) is 3.50. The van der Waals surface area contributed by atoms with Crippen molar-refractivity contribution in [3.8, 4) is 0 Å². The van der Waals surface area contributed by atoms with Gasteiger partial charge in [-0.1, -0.05) is 5.16 Å². The quantitative estimate of drug-likeness (QED) is 0.658. The van der Waals surface area contributed by atoms with Gasteiger partial charge in [-0.05, 0) is 14.0 Å². The van der Waals surface area contributed by atoms with Crippen LogP contribution in [0.5, 0.6) is 0 Å². The van der Waals surface area contributed by atoms with Crippen molar-refractivity contribution in [3.63, 3.8) is 0 Å². The van der Waals surface area contributed by atoms with Crippen LogP contribution in [-0.2, 0) is 0 Å². The van der Waals surface area contributed by atoms with Crippen molar-refractivity contribution >= 4 is 0 Å². The third kappa shape index (κ3) is 2.03. The average Bonchev–Trinajstić information content (AvgIpc) is 2.36. The molecule has 4 heteroatoms. The number of aromatic nitrogens is 1. The van der Waals surface area contributed by atoms with E-state index in [4.69, 9.17) is 4.52 Å². The smallest absolute Gasteiger partial charge is 0.134 e. The third-order valence-electron chi connectivity index (χ3n) is 1.39. The summed E-state index contributed by atoms with van der Waals surface area (Å²) >= 11 is 0. The zero-order valence-corrected chi connectivity index (χ0v) is 6.66. The number of aliphatic hydroxyl groups excluding tert-OH is 1. The molecule has 1 atom stereocenters. The molecule has 4 nitrogen and oxygen atoms in total. The molecule has 0 aliphatic rings. The van der Waals surface area contributed by atoms with Gasteiger partial charge in [0, 0.05) is 12.6 Å². The van der Waals surface area contributed by atoms with Gasteiger partial charge in [0.15, 0.2) is 0 Å². The summed E-state index contributed by atoms with van der Waals surface area (Å²) in [5.41, 5.74) is 0.580. The molecule has 0 saturated heterocycles. The highest BCUT2D eigenvalue weighted by Gasteiger charge is 2.10. The van der Waals surface area contributed by atoms with Crippen LogP contribution in [0.4, 0.5) is 0 Å². The molecule has 0 radical (unpaired) electrons. The van der Waals surface area contributed by atoms with E-state index >= 15 is 0 Å². The van der Waals surface area contributed by atoms with Crippen LogP contribution in [-0.4, -0.2) is 23.9 Å². The van der Waals surface area contributed by atoms with E-state index in [0.717, 1.165) is 5.76 Å². The maximum absolute atomic E-state index is 9.35. The standard InChI is InChI=1S/C7H12N2O2/c1-5-3-6(9-11-5)7(10)4-8-2/h3,7-8,10H,4H2,1-2H3. The predicted octanol–water partition coefficient (Wildman–Crippen LogP) is 0.236. The summed E-state index contributed by atoms with van der Waals surface area (Å²) in [6, 6.07) is 1.72. The van der Waals surface area contributed by atoms with E-state index in [9.17, 15) is 5.11 Å². The second-order valence-electron chi connectivity index (χ2n) is 2.44. The lowest BCUT2D eigenvalue weighted by molar-refractivity contribution is 0.167. The SMILES string of the molecule is CNCC(O)c1cc(C)on1. The van der Waals surface area contributed by atoms with E-state index in [1.54, 1.807) is 20.0 Å². The lowest BCUT2D eigenvalue weighted by Gasteiger charge is -2.03. The van der Waals surface area contributed by atoms with Gasteiger partial charge in [0.25, 0.3) is 0 Å². The minimum absolute atomic E-state index is 0.492. The zero-order valence-electron chi connectivity index (χ0n) is 6.66. The highest BCUT2D eigenvalue weighted by molar-refractivity contribution is 5.06. The molecule has 0 amide bonds. The largest absolute Gasteiger partial charge is 0.385 e. The first-order chi connectivity index (χ1) is 5.24. The fraction of sp³-hybridized carbons (Fsp3) is 0.571. The Morgan fingerprint density at radius 2 is 2.55 bits per heavy atom. The van der Waals surface area contributed by atoms with Crippen molar-refractivity contribution in [3.05, 3.63) is 17.5 Å². The van der Waals surface area contributed by atoms with E-state index in [1.165, 1.54) is 0 Å². The second-order valence-corrected chi connectivity index (χ2v) is 2.44. The van der Waals surface area contributed by atoms with Gasteiger partial charge >= 0.3 is 0 Å². The van der Waals surface area contributed by atoms with Crippen molar-refractivity contribution in [2.75, 3.05) is 13.6 Å². The highest BCUT2D eigenvalue weighted by Crippen LogP contribution is 2.10. The van der Waals surface area contributed by atoms with E-state index < -0.39 is 6.10 Å². The Morgan fingerprint density at radius 3 is 3.00 bits per heavy atom. The monoisotopic (exact) mass is 156 g/mol. The average molecular weight is 156 g/mol. The minimum Gasteiger partial charge on any atom is -0.385 e. The van der Waals surface area contributed by atoms with Gasteiger partial charge in [0.2, 0.25) is 0 Å². The first kappa shape index (κ1) is 8.23. The maximum atomic E-state index is 9.35. The first-order valence-corrected chi connectivity index (χ1v) is 3.50. The van der Waals surface area contributed by atoms with Crippen molar-refractivity contribution < 1.29 is 9.63 Å². The molecule has 0 fully saturated rings. The summed E-state index contributed by atoms with van der Waals surface area (Å²) in [6.07, 6.45) is -0.572. The van der Waals surface area contributed by atoms with Crippen molar-refractivity contribution in [2.24, 2.45) is 0 Å². The number of aliphatic hydroxyl groups is 1. The lowest BCUT2D eigenvalue weighted by Crippen LogP contribution is -2.16. The lowest BCUT2D eigenvalue weighted by atomic mass is 10.2. The Hall–Kier alpha value is -0.870. The van der Waals surface area contributed by atoms with Gasteiger partial charge in [-0.15, -0.1) is 0 Å².